The molecule has 0 radical (unpaired) electrons. The van der Waals surface area contributed by atoms with Crippen LogP contribution in [0.4, 0.5) is 17.1 Å². The summed E-state index contributed by atoms with van der Waals surface area (Å²) in [5, 5.41) is 3.55. The lowest BCUT2D eigenvalue weighted by Gasteiger charge is -2.25. The summed E-state index contributed by atoms with van der Waals surface area (Å²) in [5.74, 6) is 0. The molecule has 7 aromatic carbocycles. The molecule has 0 spiro atoms. The lowest BCUT2D eigenvalue weighted by molar-refractivity contribution is 1.18. The standard InChI is InChI=1S/C50H33N5/c1-3-15-37(16-4-1)54(38-17-5-2-6-18-38)40-19-13-14-35(32-40)48-50-49(43-22-7-10-23-44(43)51-48)52-47-31-28-36(33-53(47)50)34-26-29-39(30-27-34)55-45-24-11-8-20-41(45)42-21-9-12-25-46(42)55/h1-33H. The average molecular weight is 704 g/mol. The first-order valence-electron chi connectivity index (χ1n) is 18.6. The fourth-order valence-electron chi connectivity index (χ4n) is 8.17. The van der Waals surface area contributed by atoms with Gasteiger partial charge in [-0.05, 0) is 90.0 Å². The van der Waals surface area contributed by atoms with Crippen molar-refractivity contribution in [3.8, 4) is 28.1 Å². The molecule has 5 nitrogen and oxygen atoms in total. The number of pyridine rings is 2. The van der Waals surface area contributed by atoms with Crippen LogP contribution in [0.1, 0.15) is 0 Å². The van der Waals surface area contributed by atoms with Crippen molar-refractivity contribution in [3.05, 3.63) is 200 Å². The van der Waals surface area contributed by atoms with Crippen LogP contribution >= 0.6 is 0 Å². The van der Waals surface area contributed by atoms with E-state index >= 15 is 0 Å². The minimum atomic E-state index is 0.881. The molecule has 4 heterocycles. The maximum atomic E-state index is 5.35. The van der Waals surface area contributed by atoms with Crippen LogP contribution in [0, 0.1) is 0 Å². The summed E-state index contributed by atoms with van der Waals surface area (Å²) in [6, 6.07) is 68.5. The zero-order valence-corrected chi connectivity index (χ0v) is 29.8. The Labute approximate surface area is 317 Å². The lowest BCUT2D eigenvalue weighted by Crippen LogP contribution is -2.09. The molecular formula is C50H33N5. The van der Waals surface area contributed by atoms with E-state index in [0.717, 1.165) is 72.7 Å². The van der Waals surface area contributed by atoms with Gasteiger partial charge in [0.25, 0.3) is 0 Å². The Morgan fingerprint density at radius 1 is 0.418 bits per heavy atom. The zero-order valence-electron chi connectivity index (χ0n) is 29.8. The van der Waals surface area contributed by atoms with E-state index in [2.05, 4.69) is 208 Å². The number of hydrogen-bond donors (Lipinski definition) is 0. The van der Waals surface area contributed by atoms with Crippen molar-refractivity contribution in [3.63, 3.8) is 0 Å². The van der Waals surface area contributed by atoms with Crippen LogP contribution in [-0.2, 0) is 0 Å². The molecular weight excluding hydrogens is 671 g/mol. The molecule has 11 aromatic rings. The SMILES string of the molecule is c1ccc(N(c2ccccc2)c2cccc(-c3nc4ccccc4c4nc5ccc(-c6ccc(-n7c8ccccc8c8ccccc87)cc6)cn5c34)c2)cc1. The summed E-state index contributed by atoms with van der Waals surface area (Å²) in [4.78, 5) is 12.9. The summed E-state index contributed by atoms with van der Waals surface area (Å²) in [6.07, 6.45) is 2.21. The summed E-state index contributed by atoms with van der Waals surface area (Å²) in [6.45, 7) is 0. The minimum absolute atomic E-state index is 0.881. The third kappa shape index (κ3) is 5.09. The molecule has 0 amide bonds. The van der Waals surface area contributed by atoms with Crippen LogP contribution in [0.3, 0.4) is 0 Å². The number of rotatable bonds is 6. The molecule has 0 fully saturated rings. The first-order valence-corrected chi connectivity index (χ1v) is 18.6. The Bertz CT molecular complexity index is 3100. The van der Waals surface area contributed by atoms with Gasteiger partial charge in [-0.15, -0.1) is 0 Å². The molecule has 55 heavy (non-hydrogen) atoms. The van der Waals surface area contributed by atoms with Crippen LogP contribution in [-0.4, -0.2) is 18.9 Å². The fourth-order valence-corrected chi connectivity index (χ4v) is 8.17. The maximum absolute atomic E-state index is 5.35. The Kier molecular flexibility index (Phi) is 7.10. The zero-order chi connectivity index (χ0) is 36.3. The lowest BCUT2D eigenvalue weighted by atomic mass is 10.0. The maximum Gasteiger partial charge on any atom is 0.138 e. The van der Waals surface area contributed by atoms with Crippen molar-refractivity contribution < 1.29 is 0 Å². The van der Waals surface area contributed by atoms with Gasteiger partial charge in [-0.25, -0.2) is 9.97 Å². The van der Waals surface area contributed by atoms with Crippen molar-refractivity contribution in [1.82, 2.24) is 18.9 Å². The molecule has 258 valence electrons. The molecule has 0 aliphatic carbocycles. The molecule has 0 aliphatic rings. The Balaban J connectivity index is 1.07. The van der Waals surface area contributed by atoms with E-state index in [-0.39, 0.29) is 0 Å². The Hall–Kier alpha value is -7.50. The quantitative estimate of drug-likeness (QED) is 0.173. The summed E-state index contributed by atoms with van der Waals surface area (Å²) in [7, 11) is 0. The summed E-state index contributed by atoms with van der Waals surface area (Å²) >= 11 is 0. The van der Waals surface area contributed by atoms with Crippen LogP contribution < -0.4 is 4.90 Å². The molecule has 0 saturated carbocycles. The van der Waals surface area contributed by atoms with Gasteiger partial charge in [-0.3, -0.25) is 4.40 Å². The van der Waals surface area contributed by atoms with Crippen LogP contribution in [0.2, 0.25) is 0 Å². The minimum Gasteiger partial charge on any atom is -0.310 e. The molecule has 5 heteroatoms. The van der Waals surface area contributed by atoms with Gasteiger partial charge in [0, 0.05) is 50.7 Å². The van der Waals surface area contributed by atoms with Crippen molar-refractivity contribution in [2.24, 2.45) is 0 Å². The topological polar surface area (TPSA) is 38.4 Å². The second-order valence-corrected chi connectivity index (χ2v) is 13.9. The van der Waals surface area contributed by atoms with Gasteiger partial charge in [0.1, 0.15) is 11.2 Å². The van der Waals surface area contributed by atoms with Crippen molar-refractivity contribution >= 4 is 66.5 Å². The van der Waals surface area contributed by atoms with Gasteiger partial charge in [-0.2, -0.15) is 0 Å². The van der Waals surface area contributed by atoms with Gasteiger partial charge in [0.05, 0.1) is 27.8 Å². The normalized spacial score (nSPS) is 11.6. The highest BCUT2D eigenvalue weighted by atomic mass is 15.1. The van der Waals surface area contributed by atoms with Gasteiger partial charge in [0.2, 0.25) is 0 Å². The van der Waals surface area contributed by atoms with E-state index in [1.807, 2.05) is 6.07 Å². The monoisotopic (exact) mass is 703 g/mol. The van der Waals surface area contributed by atoms with Crippen molar-refractivity contribution in [2.75, 3.05) is 4.90 Å². The highest BCUT2D eigenvalue weighted by molar-refractivity contribution is 6.10. The van der Waals surface area contributed by atoms with Crippen LogP contribution in [0.15, 0.2) is 200 Å². The number of imidazole rings is 1. The van der Waals surface area contributed by atoms with Gasteiger partial charge in [0.15, 0.2) is 0 Å². The van der Waals surface area contributed by atoms with Gasteiger partial charge in [-0.1, -0.05) is 115 Å². The summed E-state index contributed by atoms with van der Waals surface area (Å²) in [5.41, 5.74) is 14.6. The number of benzene rings is 7. The molecule has 0 bridgehead atoms. The van der Waals surface area contributed by atoms with Crippen LogP contribution in [0.25, 0.3) is 77.5 Å². The second-order valence-electron chi connectivity index (χ2n) is 13.9. The van der Waals surface area contributed by atoms with E-state index in [9.17, 15) is 0 Å². The summed E-state index contributed by atoms with van der Waals surface area (Å²) < 4.78 is 4.58. The third-order valence-corrected chi connectivity index (χ3v) is 10.7. The molecule has 0 N–H and O–H groups in total. The van der Waals surface area contributed by atoms with E-state index in [1.54, 1.807) is 0 Å². The predicted octanol–water partition coefficient (Wildman–Crippen LogP) is 12.9. The fraction of sp³-hybridized carbons (Fsp3) is 0. The highest BCUT2D eigenvalue weighted by Gasteiger charge is 2.19. The third-order valence-electron chi connectivity index (χ3n) is 10.7. The first kappa shape index (κ1) is 31.1. The van der Waals surface area contributed by atoms with Crippen molar-refractivity contribution in [2.45, 2.75) is 0 Å². The first-order chi connectivity index (χ1) is 27.3. The largest absolute Gasteiger partial charge is 0.310 e. The molecule has 0 saturated heterocycles. The second kappa shape index (κ2) is 12.6. The van der Waals surface area contributed by atoms with Gasteiger partial charge >= 0.3 is 0 Å². The number of para-hydroxylation sites is 5. The average Bonchev–Trinajstić information content (AvgIpc) is 3.81. The Morgan fingerprint density at radius 3 is 1.69 bits per heavy atom. The van der Waals surface area contributed by atoms with Crippen molar-refractivity contribution in [1.29, 1.82) is 0 Å². The molecule has 4 aromatic heterocycles. The van der Waals surface area contributed by atoms with Crippen LogP contribution in [0.5, 0.6) is 0 Å². The van der Waals surface area contributed by atoms with Gasteiger partial charge < -0.3 is 9.47 Å². The predicted molar refractivity (Wildman–Crippen MR) is 228 cm³/mol. The van der Waals surface area contributed by atoms with E-state index in [1.165, 1.54) is 21.8 Å². The van der Waals surface area contributed by atoms with E-state index in [4.69, 9.17) is 9.97 Å². The number of aromatic nitrogens is 4. The van der Waals surface area contributed by atoms with E-state index < -0.39 is 0 Å². The number of hydrogen-bond acceptors (Lipinski definition) is 3. The number of nitrogens with zero attached hydrogens (tertiary/aromatic N) is 5. The number of anilines is 3. The Morgan fingerprint density at radius 2 is 1.00 bits per heavy atom. The van der Waals surface area contributed by atoms with E-state index in [0.29, 0.717) is 0 Å². The molecule has 0 aliphatic heterocycles. The number of fused-ring (bicyclic) bond motifs is 8. The molecule has 0 unspecified atom stereocenters. The smallest absolute Gasteiger partial charge is 0.138 e. The molecule has 0 atom stereocenters. The highest BCUT2D eigenvalue weighted by Crippen LogP contribution is 2.39. The molecule has 11 rings (SSSR count).